The van der Waals surface area contributed by atoms with Gasteiger partial charge in [0, 0.05) is 25.2 Å². The van der Waals surface area contributed by atoms with E-state index in [0.29, 0.717) is 6.07 Å². The number of hydrogen-bond acceptors (Lipinski definition) is 3. The SMILES string of the molecule is O=C(/C=C/C=C/Cc1cc(F)c(F)cc1F)N1CCn2c(nnc2C(F)(F)F)C1. The molecule has 0 spiro atoms. The van der Waals surface area contributed by atoms with Gasteiger partial charge in [-0.05, 0) is 18.1 Å². The minimum absolute atomic E-state index is 0.0192. The molecular weight excluding hydrogens is 402 g/mol. The van der Waals surface area contributed by atoms with Crippen molar-refractivity contribution in [1.29, 1.82) is 0 Å². The average Bonchev–Trinajstić information content (AvgIpc) is 3.08. The first-order valence-electron chi connectivity index (χ1n) is 8.41. The van der Waals surface area contributed by atoms with Gasteiger partial charge in [-0.15, -0.1) is 10.2 Å². The molecule has 1 aromatic heterocycles. The van der Waals surface area contributed by atoms with Gasteiger partial charge in [-0.2, -0.15) is 13.2 Å². The first-order valence-corrected chi connectivity index (χ1v) is 8.41. The quantitative estimate of drug-likeness (QED) is 0.332. The lowest BCUT2D eigenvalue weighted by molar-refractivity contribution is -0.148. The molecule has 0 atom stereocenters. The Kier molecular flexibility index (Phi) is 5.76. The van der Waals surface area contributed by atoms with Crippen LogP contribution in [0.4, 0.5) is 26.3 Å². The van der Waals surface area contributed by atoms with Gasteiger partial charge in [0.15, 0.2) is 17.5 Å². The Bertz CT molecular complexity index is 979. The predicted octanol–water partition coefficient (Wildman–Crippen LogP) is 3.41. The van der Waals surface area contributed by atoms with Crippen LogP contribution in [0, 0.1) is 17.5 Å². The molecule has 3 rings (SSSR count). The Balaban J connectivity index is 1.57. The fourth-order valence-electron chi connectivity index (χ4n) is 2.79. The second kappa shape index (κ2) is 8.10. The zero-order valence-electron chi connectivity index (χ0n) is 14.8. The molecule has 1 aliphatic heterocycles. The molecule has 1 aromatic carbocycles. The third kappa shape index (κ3) is 4.66. The number of carbonyl (C=O) groups is 1. The third-order valence-electron chi connectivity index (χ3n) is 4.23. The summed E-state index contributed by atoms with van der Waals surface area (Å²) in [4.78, 5) is 13.5. The minimum atomic E-state index is -4.62. The van der Waals surface area contributed by atoms with Crippen LogP contribution in [-0.4, -0.2) is 32.1 Å². The number of amides is 1. The molecule has 1 amide bonds. The van der Waals surface area contributed by atoms with Gasteiger partial charge in [0.05, 0.1) is 6.54 Å². The number of aromatic nitrogens is 3. The molecule has 0 fully saturated rings. The van der Waals surface area contributed by atoms with Crippen molar-refractivity contribution in [2.45, 2.75) is 25.7 Å². The Morgan fingerprint density at radius 3 is 2.48 bits per heavy atom. The van der Waals surface area contributed by atoms with Crippen molar-refractivity contribution in [3.05, 3.63) is 71.1 Å². The molecule has 154 valence electrons. The highest BCUT2D eigenvalue weighted by molar-refractivity contribution is 5.87. The maximum atomic E-state index is 13.5. The Morgan fingerprint density at radius 1 is 1.03 bits per heavy atom. The van der Waals surface area contributed by atoms with E-state index >= 15 is 0 Å². The summed E-state index contributed by atoms with van der Waals surface area (Å²) in [5.41, 5.74) is -0.0456. The molecule has 0 radical (unpaired) electrons. The van der Waals surface area contributed by atoms with Crippen molar-refractivity contribution < 1.29 is 31.1 Å². The molecule has 1 aliphatic rings. The number of carbonyl (C=O) groups excluding carboxylic acids is 1. The lowest BCUT2D eigenvalue weighted by atomic mass is 10.1. The number of benzene rings is 1. The van der Waals surface area contributed by atoms with E-state index in [-0.39, 0.29) is 37.4 Å². The van der Waals surface area contributed by atoms with Crippen LogP contribution in [0.2, 0.25) is 0 Å². The molecule has 0 unspecified atom stereocenters. The lowest BCUT2D eigenvalue weighted by Gasteiger charge is -2.27. The average molecular weight is 416 g/mol. The fourth-order valence-corrected chi connectivity index (χ4v) is 2.79. The van der Waals surface area contributed by atoms with Crippen LogP contribution in [0.25, 0.3) is 0 Å². The van der Waals surface area contributed by atoms with E-state index in [2.05, 4.69) is 10.2 Å². The number of alkyl halides is 3. The zero-order chi connectivity index (χ0) is 21.2. The monoisotopic (exact) mass is 416 g/mol. The summed E-state index contributed by atoms with van der Waals surface area (Å²) < 4.78 is 78.8. The van der Waals surface area contributed by atoms with Gasteiger partial charge in [0.1, 0.15) is 5.82 Å². The maximum Gasteiger partial charge on any atom is 0.451 e. The van der Waals surface area contributed by atoms with E-state index in [9.17, 15) is 31.1 Å². The molecule has 0 N–H and O–H groups in total. The minimum Gasteiger partial charge on any atom is -0.330 e. The molecule has 29 heavy (non-hydrogen) atoms. The Morgan fingerprint density at radius 2 is 1.76 bits per heavy atom. The van der Waals surface area contributed by atoms with Crippen LogP contribution in [0.5, 0.6) is 0 Å². The number of halogens is 6. The Hall–Kier alpha value is -3.11. The first kappa shape index (κ1) is 20.6. The van der Waals surface area contributed by atoms with Crippen LogP contribution < -0.4 is 0 Å². The fraction of sp³-hybridized carbons (Fsp3) is 0.278. The molecule has 5 nitrogen and oxygen atoms in total. The van der Waals surface area contributed by atoms with E-state index in [0.717, 1.165) is 10.6 Å². The molecular formula is C18H14F6N4O. The van der Waals surface area contributed by atoms with Gasteiger partial charge in [-0.1, -0.05) is 18.2 Å². The first-order chi connectivity index (χ1) is 13.7. The van der Waals surface area contributed by atoms with Crippen LogP contribution in [0.3, 0.4) is 0 Å². The van der Waals surface area contributed by atoms with Crippen molar-refractivity contribution in [1.82, 2.24) is 19.7 Å². The highest BCUT2D eigenvalue weighted by Crippen LogP contribution is 2.29. The van der Waals surface area contributed by atoms with Crippen molar-refractivity contribution in [3.63, 3.8) is 0 Å². The third-order valence-corrected chi connectivity index (χ3v) is 4.23. The van der Waals surface area contributed by atoms with Gasteiger partial charge in [0.2, 0.25) is 11.7 Å². The number of rotatable bonds is 4. The van der Waals surface area contributed by atoms with Crippen molar-refractivity contribution >= 4 is 5.91 Å². The molecule has 0 saturated heterocycles. The topological polar surface area (TPSA) is 51.0 Å². The highest BCUT2D eigenvalue weighted by atomic mass is 19.4. The molecule has 0 aliphatic carbocycles. The van der Waals surface area contributed by atoms with Gasteiger partial charge in [-0.25, -0.2) is 13.2 Å². The van der Waals surface area contributed by atoms with E-state index in [4.69, 9.17) is 0 Å². The number of hydrogen-bond donors (Lipinski definition) is 0. The Labute approximate surface area is 160 Å². The van der Waals surface area contributed by atoms with Gasteiger partial charge < -0.3 is 9.47 Å². The van der Waals surface area contributed by atoms with Crippen LogP contribution in [-0.2, 0) is 30.5 Å². The molecule has 11 heteroatoms. The molecule has 2 aromatic rings. The largest absolute Gasteiger partial charge is 0.451 e. The summed E-state index contributed by atoms with van der Waals surface area (Å²) in [5, 5.41) is 6.63. The zero-order valence-corrected chi connectivity index (χ0v) is 14.8. The summed E-state index contributed by atoms with van der Waals surface area (Å²) in [7, 11) is 0. The second-order valence-electron chi connectivity index (χ2n) is 6.20. The highest BCUT2D eigenvalue weighted by Gasteiger charge is 2.39. The van der Waals surface area contributed by atoms with Gasteiger partial charge >= 0.3 is 6.18 Å². The summed E-state index contributed by atoms with van der Waals surface area (Å²) in [6.07, 6.45) is 0.786. The van der Waals surface area contributed by atoms with Gasteiger partial charge in [0.25, 0.3) is 0 Å². The standard InChI is InChI=1S/C18H14F6N4O/c19-12-9-14(21)13(20)8-11(12)4-2-1-3-5-16(29)27-6-7-28-15(10-27)25-26-17(28)18(22,23)24/h1-3,5,8-9H,4,6-7,10H2/b2-1+,5-3+. The van der Waals surface area contributed by atoms with E-state index in [1.807, 2.05) is 0 Å². The number of fused-ring (bicyclic) bond motifs is 1. The van der Waals surface area contributed by atoms with Crippen molar-refractivity contribution in [2.75, 3.05) is 6.54 Å². The summed E-state index contributed by atoms with van der Waals surface area (Å²) in [6.45, 7) is -0.140. The number of nitrogens with zero attached hydrogens (tertiary/aromatic N) is 4. The van der Waals surface area contributed by atoms with Crippen molar-refractivity contribution in [2.24, 2.45) is 0 Å². The van der Waals surface area contributed by atoms with Crippen LogP contribution in [0.15, 0.2) is 36.4 Å². The summed E-state index contributed by atoms with van der Waals surface area (Å²) in [6, 6.07) is 1.21. The van der Waals surface area contributed by atoms with Crippen LogP contribution >= 0.6 is 0 Å². The van der Waals surface area contributed by atoms with Crippen molar-refractivity contribution in [3.8, 4) is 0 Å². The lowest BCUT2D eigenvalue weighted by Crippen LogP contribution is -2.38. The molecule has 2 heterocycles. The van der Waals surface area contributed by atoms with E-state index in [1.165, 1.54) is 29.2 Å². The normalized spacial score (nSPS) is 14.8. The van der Waals surface area contributed by atoms with Gasteiger partial charge in [-0.3, -0.25) is 4.79 Å². The second-order valence-corrected chi connectivity index (χ2v) is 6.20. The van der Waals surface area contributed by atoms with E-state index < -0.39 is 35.4 Å². The smallest absolute Gasteiger partial charge is 0.330 e. The molecule has 0 bridgehead atoms. The summed E-state index contributed by atoms with van der Waals surface area (Å²) >= 11 is 0. The maximum absolute atomic E-state index is 13.5. The summed E-state index contributed by atoms with van der Waals surface area (Å²) in [5.74, 6) is -4.83. The van der Waals surface area contributed by atoms with Crippen LogP contribution in [0.1, 0.15) is 17.2 Å². The van der Waals surface area contributed by atoms with E-state index in [1.54, 1.807) is 0 Å². The molecule has 0 saturated carbocycles. The number of allylic oxidation sites excluding steroid dienone is 3. The predicted molar refractivity (Wildman–Crippen MR) is 88.7 cm³/mol.